The van der Waals surface area contributed by atoms with Gasteiger partial charge < -0.3 is 9.84 Å². The van der Waals surface area contributed by atoms with Gasteiger partial charge in [0.05, 0.1) is 0 Å². The first-order chi connectivity index (χ1) is 9.56. The van der Waals surface area contributed by atoms with E-state index in [9.17, 15) is 4.79 Å². The topological polar surface area (TPSA) is 70.4 Å². The molecule has 1 saturated heterocycles. The molecule has 2 N–H and O–H groups in total. The van der Waals surface area contributed by atoms with Crippen molar-refractivity contribution in [2.24, 2.45) is 0 Å². The Morgan fingerprint density at radius 1 is 1.60 bits per heavy atom. The summed E-state index contributed by atoms with van der Waals surface area (Å²) in [5.74, 6) is 1.12. The first kappa shape index (κ1) is 14.8. The van der Waals surface area contributed by atoms with E-state index in [4.69, 9.17) is 4.52 Å². The Hall–Kier alpha value is -1.56. The Balaban J connectivity index is 1.75. The van der Waals surface area contributed by atoms with E-state index in [0.717, 1.165) is 6.54 Å². The lowest BCUT2D eigenvalue weighted by Gasteiger charge is -2.38. The van der Waals surface area contributed by atoms with Gasteiger partial charge in [0.15, 0.2) is 5.82 Å². The summed E-state index contributed by atoms with van der Waals surface area (Å²) in [7, 11) is 0. The van der Waals surface area contributed by atoms with E-state index in [0.29, 0.717) is 30.2 Å². The zero-order valence-electron chi connectivity index (χ0n) is 12.5. The molecule has 1 aromatic heterocycles. The third kappa shape index (κ3) is 3.96. The van der Waals surface area contributed by atoms with Crippen molar-refractivity contribution in [3.8, 4) is 0 Å². The van der Waals surface area contributed by atoms with Crippen LogP contribution in [0.15, 0.2) is 10.6 Å². The zero-order chi connectivity index (χ0) is 14.5. The Morgan fingerprint density at radius 3 is 3.05 bits per heavy atom. The standard InChI is InChI=1S/C14H24N4O2/c1-10-6-4-5-7-18(10)11(2)9-15-14(19)16-13-8-12(3)20-17-13/h8,10-11H,4-7,9H2,1-3H3,(H2,15,16,17,19)/t10-,11-/m1/s1. The largest absolute Gasteiger partial charge is 0.360 e. The van der Waals surface area contributed by atoms with E-state index in [1.54, 1.807) is 13.0 Å². The molecule has 1 aromatic rings. The number of nitrogens with one attached hydrogen (secondary N) is 2. The molecule has 1 aliphatic rings. The predicted octanol–water partition coefficient (Wildman–Crippen LogP) is 2.37. The minimum Gasteiger partial charge on any atom is -0.360 e. The second-order valence-electron chi connectivity index (χ2n) is 5.59. The quantitative estimate of drug-likeness (QED) is 0.888. The third-order valence-electron chi connectivity index (χ3n) is 3.85. The van der Waals surface area contributed by atoms with Gasteiger partial charge in [-0.15, -0.1) is 0 Å². The lowest BCUT2D eigenvalue weighted by Crippen LogP contribution is -2.49. The summed E-state index contributed by atoms with van der Waals surface area (Å²) in [6.07, 6.45) is 3.80. The van der Waals surface area contributed by atoms with E-state index in [2.05, 4.69) is 34.5 Å². The monoisotopic (exact) mass is 280 g/mol. The molecule has 6 heteroatoms. The van der Waals surface area contributed by atoms with Crippen LogP contribution in [0.2, 0.25) is 0 Å². The minimum absolute atomic E-state index is 0.241. The molecule has 2 amide bonds. The number of aryl methyl sites for hydroxylation is 1. The molecule has 0 unspecified atom stereocenters. The summed E-state index contributed by atoms with van der Waals surface area (Å²) in [5, 5.41) is 9.27. The molecule has 0 aromatic carbocycles. The molecule has 2 rings (SSSR count). The molecule has 1 fully saturated rings. The number of amides is 2. The average molecular weight is 280 g/mol. The fourth-order valence-electron chi connectivity index (χ4n) is 2.72. The van der Waals surface area contributed by atoms with Crippen molar-refractivity contribution in [3.05, 3.63) is 11.8 Å². The van der Waals surface area contributed by atoms with Crippen LogP contribution in [-0.4, -0.2) is 41.3 Å². The normalized spacial score (nSPS) is 21.4. The maximum atomic E-state index is 11.8. The van der Waals surface area contributed by atoms with E-state index in [-0.39, 0.29) is 6.03 Å². The average Bonchev–Trinajstić information content (AvgIpc) is 2.82. The SMILES string of the molecule is Cc1cc(NC(=O)NC[C@@H](C)N2CCCC[C@H]2C)no1. The highest BCUT2D eigenvalue weighted by atomic mass is 16.5. The molecular weight excluding hydrogens is 256 g/mol. The maximum Gasteiger partial charge on any atom is 0.320 e. The minimum atomic E-state index is -0.241. The number of carbonyl (C=O) groups is 1. The van der Waals surface area contributed by atoms with Gasteiger partial charge in [-0.05, 0) is 40.2 Å². The summed E-state index contributed by atoms with van der Waals surface area (Å²) < 4.78 is 4.90. The molecule has 0 spiro atoms. The number of piperidine rings is 1. The van der Waals surface area contributed by atoms with Crippen LogP contribution in [0.25, 0.3) is 0 Å². The third-order valence-corrected chi connectivity index (χ3v) is 3.85. The van der Waals surface area contributed by atoms with Crippen molar-refractivity contribution in [1.82, 2.24) is 15.4 Å². The summed E-state index contributed by atoms with van der Waals surface area (Å²) in [6.45, 7) is 7.95. The Labute approximate surface area is 119 Å². The first-order valence-electron chi connectivity index (χ1n) is 7.30. The van der Waals surface area contributed by atoms with E-state index in [1.807, 2.05) is 0 Å². The van der Waals surface area contributed by atoms with Crippen LogP contribution in [-0.2, 0) is 0 Å². The molecule has 20 heavy (non-hydrogen) atoms. The predicted molar refractivity (Wildman–Crippen MR) is 77.7 cm³/mol. The van der Waals surface area contributed by atoms with Crippen LogP contribution >= 0.6 is 0 Å². The number of hydrogen-bond donors (Lipinski definition) is 2. The van der Waals surface area contributed by atoms with Crippen molar-refractivity contribution in [3.63, 3.8) is 0 Å². The van der Waals surface area contributed by atoms with Crippen molar-refractivity contribution < 1.29 is 9.32 Å². The van der Waals surface area contributed by atoms with Gasteiger partial charge >= 0.3 is 6.03 Å². The number of anilines is 1. The van der Waals surface area contributed by atoms with Gasteiger partial charge in [-0.3, -0.25) is 10.2 Å². The number of aromatic nitrogens is 1. The molecule has 0 radical (unpaired) electrons. The van der Waals surface area contributed by atoms with Gasteiger partial charge in [0.25, 0.3) is 0 Å². The van der Waals surface area contributed by atoms with Crippen LogP contribution in [0.4, 0.5) is 10.6 Å². The van der Waals surface area contributed by atoms with E-state index < -0.39 is 0 Å². The molecule has 2 atom stereocenters. The van der Waals surface area contributed by atoms with Crippen molar-refractivity contribution in [1.29, 1.82) is 0 Å². The number of hydrogen-bond acceptors (Lipinski definition) is 4. The second kappa shape index (κ2) is 6.74. The summed E-state index contributed by atoms with van der Waals surface area (Å²) in [4.78, 5) is 14.2. The van der Waals surface area contributed by atoms with Gasteiger partial charge in [0.2, 0.25) is 0 Å². The second-order valence-corrected chi connectivity index (χ2v) is 5.59. The number of nitrogens with zero attached hydrogens (tertiary/aromatic N) is 2. The number of urea groups is 1. The highest BCUT2D eigenvalue weighted by Crippen LogP contribution is 2.18. The van der Waals surface area contributed by atoms with E-state index in [1.165, 1.54) is 19.3 Å². The van der Waals surface area contributed by atoms with Crippen LogP contribution in [0.1, 0.15) is 38.9 Å². The fourth-order valence-corrected chi connectivity index (χ4v) is 2.72. The van der Waals surface area contributed by atoms with Crippen molar-refractivity contribution in [2.45, 2.75) is 52.1 Å². The Bertz CT molecular complexity index is 446. The van der Waals surface area contributed by atoms with Gasteiger partial charge in [-0.1, -0.05) is 11.6 Å². The molecule has 0 aliphatic carbocycles. The molecular formula is C14H24N4O2. The highest BCUT2D eigenvalue weighted by Gasteiger charge is 2.23. The Kier molecular flexibility index (Phi) is 5.00. The number of rotatable bonds is 4. The molecule has 1 aliphatic heterocycles. The summed E-state index contributed by atoms with van der Waals surface area (Å²) >= 11 is 0. The lowest BCUT2D eigenvalue weighted by molar-refractivity contribution is 0.114. The van der Waals surface area contributed by atoms with Gasteiger partial charge in [-0.25, -0.2) is 4.79 Å². The Morgan fingerprint density at radius 2 is 2.40 bits per heavy atom. The lowest BCUT2D eigenvalue weighted by atomic mass is 10.0. The molecule has 0 saturated carbocycles. The fraction of sp³-hybridized carbons (Fsp3) is 0.714. The van der Waals surface area contributed by atoms with Crippen LogP contribution in [0.5, 0.6) is 0 Å². The van der Waals surface area contributed by atoms with Gasteiger partial charge in [0.1, 0.15) is 5.76 Å². The van der Waals surface area contributed by atoms with Crippen molar-refractivity contribution in [2.75, 3.05) is 18.4 Å². The van der Waals surface area contributed by atoms with Crippen molar-refractivity contribution >= 4 is 11.8 Å². The smallest absolute Gasteiger partial charge is 0.320 e. The van der Waals surface area contributed by atoms with Gasteiger partial charge in [0, 0.05) is 24.7 Å². The first-order valence-corrected chi connectivity index (χ1v) is 7.30. The summed E-state index contributed by atoms with van der Waals surface area (Å²) in [5.41, 5.74) is 0. The molecule has 2 heterocycles. The number of likely N-dealkylation sites (tertiary alicyclic amines) is 1. The number of carbonyl (C=O) groups excluding carboxylic acids is 1. The summed E-state index contributed by atoms with van der Waals surface area (Å²) in [6, 6.07) is 2.39. The van der Waals surface area contributed by atoms with Crippen LogP contribution < -0.4 is 10.6 Å². The van der Waals surface area contributed by atoms with Crippen LogP contribution in [0.3, 0.4) is 0 Å². The molecule has 112 valence electrons. The van der Waals surface area contributed by atoms with E-state index >= 15 is 0 Å². The van der Waals surface area contributed by atoms with Gasteiger partial charge in [-0.2, -0.15) is 0 Å². The maximum absolute atomic E-state index is 11.8. The van der Waals surface area contributed by atoms with Crippen LogP contribution in [0, 0.1) is 6.92 Å². The molecule has 0 bridgehead atoms. The zero-order valence-corrected chi connectivity index (χ0v) is 12.5. The molecule has 6 nitrogen and oxygen atoms in total. The highest BCUT2D eigenvalue weighted by molar-refractivity contribution is 5.88.